The monoisotopic (exact) mass is 445 g/mol. The van der Waals surface area contributed by atoms with E-state index in [2.05, 4.69) is 21.2 Å². The predicted molar refractivity (Wildman–Crippen MR) is 100 cm³/mol. The number of amides is 1. The quantitative estimate of drug-likeness (QED) is 0.284. The van der Waals surface area contributed by atoms with Crippen LogP contribution in [0.1, 0.15) is 18.4 Å². The Hall–Kier alpha value is -2.00. The van der Waals surface area contributed by atoms with E-state index in [9.17, 15) is 9.59 Å². The number of carbonyl (C=O) groups excluding carboxylic acids is 2. The lowest BCUT2D eigenvalue weighted by Crippen LogP contribution is -2.34. The average Bonchev–Trinajstić information content (AvgIpc) is 2.68. The van der Waals surface area contributed by atoms with E-state index in [1.165, 1.54) is 0 Å². The Balaban J connectivity index is 1.74. The molecule has 0 radical (unpaired) electrons. The van der Waals surface area contributed by atoms with Crippen LogP contribution in [0.3, 0.4) is 0 Å². The molecule has 0 spiro atoms. The summed E-state index contributed by atoms with van der Waals surface area (Å²) < 4.78 is 25.6. The second-order valence-electron chi connectivity index (χ2n) is 5.89. The van der Waals surface area contributed by atoms with Crippen LogP contribution >= 0.6 is 15.9 Å². The molecule has 1 aromatic carbocycles. The van der Waals surface area contributed by atoms with Gasteiger partial charge in [0.2, 0.25) is 6.79 Å². The van der Waals surface area contributed by atoms with Crippen molar-refractivity contribution in [1.29, 1.82) is 0 Å². The van der Waals surface area contributed by atoms with Gasteiger partial charge in [-0.2, -0.15) is 0 Å². The summed E-state index contributed by atoms with van der Waals surface area (Å²) in [7, 11) is 3.15. The predicted octanol–water partition coefficient (Wildman–Crippen LogP) is 2.62. The molecule has 1 aliphatic heterocycles. The standard InChI is InChI=1S/C18H24BrNO7/c1-23-14-3-4-15(24-2)13(9-14)10-16(19)20-18(22)27-11-26-17(21)12-5-7-25-8-6-12/h3-4,9,12,16H,5-8,10-11H2,1-2H3,(H,20,22). The van der Waals surface area contributed by atoms with E-state index in [1.807, 2.05) is 6.07 Å². The number of ether oxygens (including phenoxy) is 5. The smallest absolute Gasteiger partial charge is 0.410 e. The summed E-state index contributed by atoms with van der Waals surface area (Å²) in [6.07, 6.45) is 0.990. The number of methoxy groups -OCH3 is 2. The van der Waals surface area contributed by atoms with Crippen molar-refractivity contribution in [1.82, 2.24) is 5.32 Å². The third-order valence-corrected chi connectivity index (χ3v) is 4.66. The molecule has 1 aromatic rings. The average molecular weight is 446 g/mol. The SMILES string of the molecule is COc1ccc(OC)c(CC(Br)NC(=O)OCOC(=O)C2CCOCC2)c1. The number of benzene rings is 1. The second-order valence-corrected chi connectivity index (χ2v) is 7.00. The Bertz CT molecular complexity index is 634. The fraction of sp³-hybridized carbons (Fsp3) is 0.556. The van der Waals surface area contributed by atoms with Gasteiger partial charge in [-0.25, -0.2) is 4.79 Å². The number of rotatable bonds is 8. The van der Waals surface area contributed by atoms with Crippen LogP contribution in [0.25, 0.3) is 0 Å². The van der Waals surface area contributed by atoms with Crippen LogP contribution in [0.4, 0.5) is 4.79 Å². The van der Waals surface area contributed by atoms with E-state index < -0.39 is 17.8 Å². The summed E-state index contributed by atoms with van der Waals surface area (Å²) in [5.41, 5.74) is 0.852. The zero-order valence-electron chi connectivity index (χ0n) is 15.4. The maximum Gasteiger partial charge on any atom is 0.410 e. The number of carbonyl (C=O) groups is 2. The van der Waals surface area contributed by atoms with E-state index in [4.69, 9.17) is 23.7 Å². The normalized spacial score (nSPS) is 15.5. The minimum absolute atomic E-state index is 0.199. The van der Waals surface area contributed by atoms with Crippen molar-refractivity contribution in [2.75, 3.05) is 34.2 Å². The van der Waals surface area contributed by atoms with E-state index in [0.717, 1.165) is 5.56 Å². The first-order chi connectivity index (χ1) is 13.0. The summed E-state index contributed by atoms with van der Waals surface area (Å²) in [5.74, 6) is 0.798. The molecular formula is C18H24BrNO7. The molecule has 1 saturated heterocycles. The molecule has 8 nitrogen and oxygen atoms in total. The Morgan fingerprint density at radius 1 is 1.22 bits per heavy atom. The molecule has 9 heteroatoms. The van der Waals surface area contributed by atoms with E-state index in [0.29, 0.717) is 44.0 Å². The summed E-state index contributed by atoms with van der Waals surface area (Å²) in [6, 6.07) is 5.41. The Morgan fingerprint density at radius 3 is 2.63 bits per heavy atom. The van der Waals surface area contributed by atoms with Crippen molar-refractivity contribution in [3.63, 3.8) is 0 Å². The molecule has 1 unspecified atom stereocenters. The summed E-state index contributed by atoms with van der Waals surface area (Å²) in [6.45, 7) is 0.657. The molecule has 2 rings (SSSR count). The molecule has 1 fully saturated rings. The molecule has 1 atom stereocenters. The highest BCUT2D eigenvalue weighted by atomic mass is 79.9. The number of esters is 1. The van der Waals surface area contributed by atoms with Gasteiger partial charge in [0, 0.05) is 25.2 Å². The van der Waals surface area contributed by atoms with Gasteiger partial charge in [0.15, 0.2) is 0 Å². The van der Waals surface area contributed by atoms with Gasteiger partial charge in [0.25, 0.3) is 0 Å². The summed E-state index contributed by atoms with van der Waals surface area (Å²) >= 11 is 3.38. The van der Waals surface area contributed by atoms with Crippen molar-refractivity contribution < 1.29 is 33.3 Å². The highest BCUT2D eigenvalue weighted by molar-refractivity contribution is 9.09. The summed E-state index contributed by atoms with van der Waals surface area (Å²) in [5, 5.41) is 2.62. The largest absolute Gasteiger partial charge is 0.497 e. The minimum Gasteiger partial charge on any atom is -0.497 e. The Kier molecular flexibility index (Phi) is 8.66. The van der Waals surface area contributed by atoms with Gasteiger partial charge >= 0.3 is 12.1 Å². The van der Waals surface area contributed by atoms with Gasteiger partial charge in [-0.15, -0.1) is 0 Å². The van der Waals surface area contributed by atoms with E-state index >= 15 is 0 Å². The van der Waals surface area contributed by atoms with Crippen LogP contribution in [0.5, 0.6) is 11.5 Å². The van der Waals surface area contributed by atoms with Crippen molar-refractivity contribution in [3.05, 3.63) is 23.8 Å². The first kappa shape index (κ1) is 21.3. The number of hydrogen-bond acceptors (Lipinski definition) is 7. The molecule has 27 heavy (non-hydrogen) atoms. The first-order valence-electron chi connectivity index (χ1n) is 8.56. The molecule has 1 amide bonds. The van der Waals surface area contributed by atoms with Gasteiger partial charge in [-0.05, 0) is 31.0 Å². The van der Waals surface area contributed by atoms with Crippen molar-refractivity contribution >= 4 is 28.0 Å². The molecule has 150 valence electrons. The zero-order valence-corrected chi connectivity index (χ0v) is 17.0. The Morgan fingerprint density at radius 2 is 1.96 bits per heavy atom. The van der Waals surface area contributed by atoms with Crippen LogP contribution in [-0.4, -0.2) is 51.2 Å². The van der Waals surface area contributed by atoms with E-state index in [-0.39, 0.29) is 11.9 Å². The molecule has 1 aliphatic rings. The number of hydrogen-bond donors (Lipinski definition) is 1. The zero-order chi connectivity index (χ0) is 19.6. The van der Waals surface area contributed by atoms with Crippen LogP contribution in [0, 0.1) is 5.92 Å². The van der Waals surface area contributed by atoms with Crippen LogP contribution in [-0.2, 0) is 25.4 Å². The lowest BCUT2D eigenvalue weighted by molar-refractivity contribution is -0.159. The summed E-state index contributed by atoms with van der Waals surface area (Å²) in [4.78, 5) is 23.3. The number of halogens is 1. The second kappa shape index (κ2) is 11.0. The third-order valence-electron chi connectivity index (χ3n) is 4.11. The minimum atomic E-state index is -0.696. The number of alkyl halides is 1. The maximum atomic E-state index is 11.8. The molecule has 1 N–H and O–H groups in total. The highest BCUT2D eigenvalue weighted by Gasteiger charge is 2.23. The van der Waals surface area contributed by atoms with E-state index in [1.54, 1.807) is 26.4 Å². The van der Waals surface area contributed by atoms with Gasteiger partial charge in [-0.3, -0.25) is 4.79 Å². The lowest BCUT2D eigenvalue weighted by atomic mass is 10.0. The van der Waals surface area contributed by atoms with Crippen LogP contribution in [0.2, 0.25) is 0 Å². The van der Waals surface area contributed by atoms with Crippen molar-refractivity contribution in [2.24, 2.45) is 5.92 Å². The molecule has 0 aromatic heterocycles. The highest BCUT2D eigenvalue weighted by Crippen LogP contribution is 2.26. The fourth-order valence-corrected chi connectivity index (χ4v) is 3.18. The molecule has 1 heterocycles. The molecule has 0 aliphatic carbocycles. The maximum absolute atomic E-state index is 11.8. The fourth-order valence-electron chi connectivity index (χ4n) is 2.65. The van der Waals surface area contributed by atoms with Gasteiger partial charge in [0.1, 0.15) is 11.5 Å². The lowest BCUT2D eigenvalue weighted by Gasteiger charge is -2.20. The van der Waals surface area contributed by atoms with Crippen molar-refractivity contribution in [2.45, 2.75) is 24.2 Å². The van der Waals surface area contributed by atoms with Crippen molar-refractivity contribution in [3.8, 4) is 11.5 Å². The van der Waals surface area contributed by atoms with Crippen LogP contribution in [0.15, 0.2) is 18.2 Å². The van der Waals surface area contributed by atoms with Gasteiger partial charge in [0.05, 0.1) is 25.1 Å². The van der Waals surface area contributed by atoms with Gasteiger partial charge < -0.3 is 29.0 Å². The topological polar surface area (TPSA) is 92.3 Å². The Labute approximate surface area is 166 Å². The third kappa shape index (κ3) is 6.91. The number of alkyl carbamates (subject to hydrolysis) is 1. The molecule has 0 bridgehead atoms. The molecule has 0 saturated carbocycles. The number of nitrogens with one attached hydrogen (secondary N) is 1. The van der Waals surface area contributed by atoms with Crippen LogP contribution < -0.4 is 14.8 Å². The molecular weight excluding hydrogens is 422 g/mol. The van der Waals surface area contributed by atoms with Gasteiger partial charge in [-0.1, -0.05) is 15.9 Å². The first-order valence-corrected chi connectivity index (χ1v) is 9.47.